The Labute approximate surface area is 160 Å². The summed E-state index contributed by atoms with van der Waals surface area (Å²) in [5.74, 6) is 1.75. The number of carbonyl (C=O) groups excluding carboxylic acids is 1. The molecule has 1 aliphatic rings. The van der Waals surface area contributed by atoms with Crippen LogP contribution in [0.4, 0.5) is 5.69 Å². The zero-order valence-corrected chi connectivity index (χ0v) is 15.9. The fourth-order valence-corrected chi connectivity index (χ4v) is 3.17. The topological polar surface area (TPSA) is 42.0 Å². The molecule has 5 heteroatoms. The lowest BCUT2D eigenvalue weighted by Gasteiger charge is -2.36. The molecule has 0 atom stereocenters. The van der Waals surface area contributed by atoms with Gasteiger partial charge in [0.2, 0.25) is 5.91 Å². The summed E-state index contributed by atoms with van der Waals surface area (Å²) in [5.41, 5.74) is 2.07. The standard InChI is InChI=1S/C22H26N2O3/c1-3-27-19-11-8-18(9-12-19)10-13-22(25)24-16-14-23(15-17-24)20-6-4-5-7-21(20)26-2/h4-13H,3,14-17H2,1-2H3/b13-10+. The first kappa shape index (κ1) is 18.8. The first-order valence-corrected chi connectivity index (χ1v) is 9.29. The van der Waals surface area contributed by atoms with E-state index in [-0.39, 0.29) is 5.91 Å². The van der Waals surface area contributed by atoms with Crippen LogP contribution in [0.1, 0.15) is 12.5 Å². The molecule has 27 heavy (non-hydrogen) atoms. The lowest BCUT2D eigenvalue weighted by Crippen LogP contribution is -2.48. The van der Waals surface area contributed by atoms with Crippen LogP contribution in [0.2, 0.25) is 0 Å². The van der Waals surface area contributed by atoms with E-state index < -0.39 is 0 Å². The maximum atomic E-state index is 12.5. The third kappa shape index (κ3) is 4.82. The van der Waals surface area contributed by atoms with Gasteiger partial charge in [0.25, 0.3) is 0 Å². The number of hydrogen-bond acceptors (Lipinski definition) is 4. The lowest BCUT2D eigenvalue weighted by molar-refractivity contribution is -0.126. The fraction of sp³-hybridized carbons (Fsp3) is 0.318. The van der Waals surface area contributed by atoms with Crippen molar-refractivity contribution >= 4 is 17.7 Å². The van der Waals surface area contributed by atoms with Gasteiger partial charge in [-0.05, 0) is 42.8 Å². The van der Waals surface area contributed by atoms with Gasteiger partial charge in [0.1, 0.15) is 11.5 Å². The van der Waals surface area contributed by atoms with Crippen molar-refractivity contribution in [2.24, 2.45) is 0 Å². The number of piperazine rings is 1. The van der Waals surface area contributed by atoms with E-state index in [1.807, 2.05) is 60.4 Å². The summed E-state index contributed by atoms with van der Waals surface area (Å²) in [5, 5.41) is 0. The average Bonchev–Trinajstić information content (AvgIpc) is 2.73. The third-order valence-corrected chi connectivity index (χ3v) is 4.63. The van der Waals surface area contributed by atoms with Crippen LogP contribution in [-0.4, -0.2) is 50.7 Å². The van der Waals surface area contributed by atoms with Crippen molar-refractivity contribution in [3.63, 3.8) is 0 Å². The molecule has 142 valence electrons. The van der Waals surface area contributed by atoms with Gasteiger partial charge in [-0.3, -0.25) is 4.79 Å². The summed E-state index contributed by atoms with van der Waals surface area (Å²) in [6.07, 6.45) is 3.50. The second-order valence-corrected chi connectivity index (χ2v) is 6.32. The van der Waals surface area contributed by atoms with Crippen molar-refractivity contribution in [3.05, 3.63) is 60.2 Å². The summed E-state index contributed by atoms with van der Waals surface area (Å²) in [7, 11) is 1.68. The molecule has 0 saturated carbocycles. The molecular weight excluding hydrogens is 340 g/mol. The monoisotopic (exact) mass is 366 g/mol. The molecule has 5 nitrogen and oxygen atoms in total. The molecule has 2 aromatic rings. The lowest BCUT2D eigenvalue weighted by atomic mass is 10.2. The Bertz CT molecular complexity index is 778. The van der Waals surface area contributed by atoms with E-state index in [1.54, 1.807) is 13.2 Å². The van der Waals surface area contributed by atoms with Crippen LogP contribution in [-0.2, 0) is 4.79 Å². The molecule has 2 aromatic carbocycles. The molecule has 0 radical (unpaired) electrons. The maximum Gasteiger partial charge on any atom is 0.246 e. The Morgan fingerprint density at radius 2 is 1.74 bits per heavy atom. The van der Waals surface area contributed by atoms with Gasteiger partial charge in [0, 0.05) is 32.3 Å². The van der Waals surface area contributed by atoms with Gasteiger partial charge in [-0.2, -0.15) is 0 Å². The predicted octanol–water partition coefficient (Wildman–Crippen LogP) is 3.46. The summed E-state index contributed by atoms with van der Waals surface area (Å²) < 4.78 is 10.9. The van der Waals surface area contributed by atoms with Crippen LogP contribution in [0.3, 0.4) is 0 Å². The van der Waals surface area contributed by atoms with Gasteiger partial charge in [0.05, 0.1) is 19.4 Å². The van der Waals surface area contributed by atoms with Crippen molar-refractivity contribution < 1.29 is 14.3 Å². The summed E-state index contributed by atoms with van der Waals surface area (Å²) in [6, 6.07) is 15.7. The van der Waals surface area contributed by atoms with Crippen molar-refractivity contribution in [2.75, 3.05) is 44.8 Å². The number of rotatable bonds is 6. The van der Waals surface area contributed by atoms with Crippen LogP contribution < -0.4 is 14.4 Å². The SMILES string of the molecule is CCOc1ccc(/C=C/C(=O)N2CCN(c3ccccc3OC)CC2)cc1. The molecule has 1 fully saturated rings. The number of amides is 1. The van der Waals surface area contributed by atoms with Crippen molar-refractivity contribution in [2.45, 2.75) is 6.92 Å². The van der Waals surface area contributed by atoms with Gasteiger partial charge < -0.3 is 19.3 Å². The molecule has 0 bridgehead atoms. The Morgan fingerprint density at radius 3 is 2.41 bits per heavy atom. The largest absolute Gasteiger partial charge is 0.495 e. The third-order valence-electron chi connectivity index (χ3n) is 4.63. The van der Waals surface area contributed by atoms with E-state index in [2.05, 4.69) is 11.0 Å². The number of ether oxygens (including phenoxy) is 2. The fourth-order valence-electron chi connectivity index (χ4n) is 3.17. The molecule has 0 unspecified atom stereocenters. The second kappa shape index (κ2) is 9.12. The molecule has 0 aromatic heterocycles. The van der Waals surface area contributed by atoms with Crippen LogP contribution >= 0.6 is 0 Å². The number of carbonyl (C=O) groups is 1. The number of para-hydroxylation sites is 2. The Kier molecular flexibility index (Phi) is 6.36. The normalized spacial score (nSPS) is 14.4. The van der Waals surface area contributed by atoms with E-state index in [0.717, 1.165) is 35.8 Å². The van der Waals surface area contributed by atoms with Crippen LogP contribution in [0.25, 0.3) is 6.08 Å². The zero-order chi connectivity index (χ0) is 19.1. The highest BCUT2D eigenvalue weighted by molar-refractivity contribution is 5.92. The molecule has 1 aliphatic heterocycles. The molecular formula is C22H26N2O3. The molecule has 3 rings (SSSR count). The van der Waals surface area contributed by atoms with E-state index in [4.69, 9.17) is 9.47 Å². The first-order valence-electron chi connectivity index (χ1n) is 9.29. The van der Waals surface area contributed by atoms with E-state index in [0.29, 0.717) is 19.7 Å². The minimum Gasteiger partial charge on any atom is -0.495 e. The van der Waals surface area contributed by atoms with Crippen LogP contribution in [0.5, 0.6) is 11.5 Å². The summed E-state index contributed by atoms with van der Waals surface area (Å²) in [6.45, 7) is 5.59. The van der Waals surface area contributed by atoms with Gasteiger partial charge >= 0.3 is 0 Å². The van der Waals surface area contributed by atoms with Crippen molar-refractivity contribution in [1.29, 1.82) is 0 Å². The number of methoxy groups -OCH3 is 1. The molecule has 1 amide bonds. The number of hydrogen-bond donors (Lipinski definition) is 0. The van der Waals surface area contributed by atoms with E-state index >= 15 is 0 Å². The van der Waals surface area contributed by atoms with E-state index in [1.165, 1.54) is 0 Å². The first-order chi connectivity index (χ1) is 13.2. The summed E-state index contributed by atoms with van der Waals surface area (Å²) >= 11 is 0. The van der Waals surface area contributed by atoms with E-state index in [9.17, 15) is 4.79 Å². The van der Waals surface area contributed by atoms with Gasteiger partial charge in [-0.1, -0.05) is 24.3 Å². The van der Waals surface area contributed by atoms with Gasteiger partial charge in [-0.15, -0.1) is 0 Å². The van der Waals surface area contributed by atoms with Crippen LogP contribution in [0.15, 0.2) is 54.6 Å². The molecule has 1 saturated heterocycles. The molecule has 0 aliphatic carbocycles. The number of benzene rings is 2. The van der Waals surface area contributed by atoms with Crippen molar-refractivity contribution in [1.82, 2.24) is 4.90 Å². The second-order valence-electron chi connectivity index (χ2n) is 6.32. The number of nitrogens with zero attached hydrogens (tertiary/aromatic N) is 2. The van der Waals surface area contributed by atoms with Gasteiger partial charge in [0.15, 0.2) is 0 Å². The average molecular weight is 366 g/mol. The molecule has 0 N–H and O–H groups in total. The van der Waals surface area contributed by atoms with Crippen molar-refractivity contribution in [3.8, 4) is 11.5 Å². The smallest absolute Gasteiger partial charge is 0.246 e. The highest BCUT2D eigenvalue weighted by Crippen LogP contribution is 2.28. The Hall–Kier alpha value is -2.95. The summed E-state index contributed by atoms with van der Waals surface area (Å²) in [4.78, 5) is 16.6. The maximum absolute atomic E-state index is 12.5. The Balaban J connectivity index is 1.55. The highest BCUT2D eigenvalue weighted by atomic mass is 16.5. The quantitative estimate of drug-likeness (QED) is 0.735. The van der Waals surface area contributed by atoms with Crippen LogP contribution in [0, 0.1) is 0 Å². The Morgan fingerprint density at radius 1 is 1.04 bits per heavy atom. The molecule has 1 heterocycles. The minimum atomic E-state index is 0.0450. The molecule has 0 spiro atoms. The highest BCUT2D eigenvalue weighted by Gasteiger charge is 2.21. The zero-order valence-electron chi connectivity index (χ0n) is 15.9. The predicted molar refractivity (Wildman–Crippen MR) is 108 cm³/mol. The van der Waals surface area contributed by atoms with Gasteiger partial charge in [-0.25, -0.2) is 0 Å². The minimum absolute atomic E-state index is 0.0450. The number of anilines is 1.